The summed E-state index contributed by atoms with van der Waals surface area (Å²) in [6, 6.07) is 0. The highest BCUT2D eigenvalue weighted by molar-refractivity contribution is 5.92. The Kier molecular flexibility index (Phi) is 1.92. The highest BCUT2D eigenvalue weighted by Gasteiger charge is 2.33. The van der Waals surface area contributed by atoms with Crippen LogP contribution in [-0.2, 0) is 4.79 Å². The Labute approximate surface area is 70.5 Å². The Morgan fingerprint density at radius 1 is 1.67 bits per heavy atom. The van der Waals surface area contributed by atoms with E-state index in [1.165, 1.54) is 12.3 Å². The quantitative estimate of drug-likeness (QED) is 0.593. The molecule has 0 aliphatic carbocycles. The van der Waals surface area contributed by atoms with Gasteiger partial charge in [0.2, 0.25) is 0 Å². The Bertz CT molecular complexity index is 255. The van der Waals surface area contributed by atoms with Gasteiger partial charge in [-0.3, -0.25) is 9.69 Å². The van der Waals surface area contributed by atoms with Crippen LogP contribution < -0.4 is 0 Å². The van der Waals surface area contributed by atoms with Crippen LogP contribution in [0.3, 0.4) is 0 Å². The number of ketones is 1. The lowest BCUT2D eigenvalue weighted by molar-refractivity contribution is -0.117. The lowest BCUT2D eigenvalue weighted by Gasteiger charge is -2.35. The van der Waals surface area contributed by atoms with Gasteiger partial charge in [-0.2, -0.15) is 0 Å². The molecule has 1 rings (SSSR count). The second kappa shape index (κ2) is 2.62. The van der Waals surface area contributed by atoms with Gasteiger partial charge in [0.15, 0.2) is 5.78 Å². The maximum atomic E-state index is 10.9. The van der Waals surface area contributed by atoms with Crippen molar-refractivity contribution in [3.05, 3.63) is 12.3 Å². The van der Waals surface area contributed by atoms with Gasteiger partial charge in [0.25, 0.3) is 0 Å². The first-order chi connectivity index (χ1) is 5.43. The summed E-state index contributed by atoms with van der Waals surface area (Å²) in [6.07, 6.45) is 1.83. The third-order valence-electron chi connectivity index (χ3n) is 1.87. The molecule has 0 unspecified atom stereocenters. The molecule has 0 saturated carbocycles. The van der Waals surface area contributed by atoms with Crippen LogP contribution in [0.15, 0.2) is 12.3 Å². The smallest absolute Gasteiger partial charge is 0.411 e. The Hall–Kier alpha value is -1.32. The van der Waals surface area contributed by atoms with E-state index < -0.39 is 11.6 Å². The van der Waals surface area contributed by atoms with Crippen molar-refractivity contribution in [2.24, 2.45) is 0 Å². The van der Waals surface area contributed by atoms with Crippen LogP contribution in [0.5, 0.6) is 0 Å². The summed E-state index contributed by atoms with van der Waals surface area (Å²) >= 11 is 0. The Morgan fingerprint density at radius 2 is 2.25 bits per heavy atom. The molecule has 4 heteroatoms. The first-order valence-electron chi connectivity index (χ1n) is 3.67. The number of hydrogen-bond donors (Lipinski definition) is 1. The van der Waals surface area contributed by atoms with Gasteiger partial charge in [0.05, 0.1) is 5.54 Å². The van der Waals surface area contributed by atoms with Crippen LogP contribution in [0.1, 0.15) is 20.3 Å². The van der Waals surface area contributed by atoms with Crippen molar-refractivity contribution >= 4 is 11.9 Å². The summed E-state index contributed by atoms with van der Waals surface area (Å²) in [5.74, 6) is -0.0301. The number of hydrogen-bond acceptors (Lipinski definition) is 2. The lowest BCUT2D eigenvalue weighted by atomic mass is 9.93. The molecule has 1 N–H and O–H groups in total. The monoisotopic (exact) mass is 169 g/mol. The summed E-state index contributed by atoms with van der Waals surface area (Å²) in [7, 11) is 0. The molecular weight excluding hydrogens is 158 g/mol. The fourth-order valence-electron chi connectivity index (χ4n) is 1.25. The van der Waals surface area contributed by atoms with Crippen LogP contribution in [0, 0.1) is 0 Å². The van der Waals surface area contributed by atoms with Gasteiger partial charge in [-0.25, -0.2) is 4.79 Å². The molecule has 0 fully saturated rings. The number of rotatable bonds is 0. The van der Waals surface area contributed by atoms with Crippen molar-refractivity contribution in [1.82, 2.24) is 4.90 Å². The molecule has 0 saturated heterocycles. The van der Waals surface area contributed by atoms with Gasteiger partial charge in [-0.1, -0.05) is 0 Å². The van der Waals surface area contributed by atoms with Crippen LogP contribution in [-0.4, -0.2) is 27.4 Å². The SMILES string of the molecule is CC1(C)CC(=O)C=CN1C(=O)O. The number of nitrogens with zero attached hydrogens (tertiary/aromatic N) is 1. The first kappa shape index (κ1) is 8.77. The zero-order valence-corrected chi connectivity index (χ0v) is 7.07. The standard InChI is InChI=1S/C8H11NO3/c1-8(2)5-6(10)3-4-9(8)7(11)12/h3-4H,5H2,1-2H3,(H,11,12). The predicted octanol–water partition coefficient (Wildman–Crippen LogP) is 1.23. The van der Waals surface area contributed by atoms with Crippen molar-refractivity contribution in [1.29, 1.82) is 0 Å². The van der Waals surface area contributed by atoms with E-state index in [1.807, 2.05) is 0 Å². The average molecular weight is 169 g/mol. The van der Waals surface area contributed by atoms with Crippen molar-refractivity contribution in [2.75, 3.05) is 0 Å². The molecule has 0 radical (unpaired) electrons. The fourth-order valence-corrected chi connectivity index (χ4v) is 1.25. The fraction of sp³-hybridized carbons (Fsp3) is 0.500. The number of carboxylic acid groups (broad SMARTS) is 1. The number of allylic oxidation sites excluding steroid dienone is 1. The van der Waals surface area contributed by atoms with E-state index in [0.717, 1.165) is 4.90 Å². The summed E-state index contributed by atoms with van der Waals surface area (Å²) in [5.41, 5.74) is -0.613. The minimum atomic E-state index is -1.02. The van der Waals surface area contributed by atoms with Crippen molar-refractivity contribution in [3.8, 4) is 0 Å². The maximum absolute atomic E-state index is 10.9. The van der Waals surface area contributed by atoms with E-state index >= 15 is 0 Å². The van der Waals surface area contributed by atoms with Gasteiger partial charge in [0, 0.05) is 12.6 Å². The van der Waals surface area contributed by atoms with Gasteiger partial charge in [-0.15, -0.1) is 0 Å². The van der Waals surface area contributed by atoms with E-state index in [-0.39, 0.29) is 12.2 Å². The van der Waals surface area contributed by atoms with Gasteiger partial charge in [-0.05, 0) is 19.9 Å². The molecule has 1 amide bonds. The molecule has 0 bridgehead atoms. The largest absolute Gasteiger partial charge is 0.465 e. The minimum Gasteiger partial charge on any atom is -0.465 e. The summed E-state index contributed by atoms with van der Waals surface area (Å²) in [6.45, 7) is 3.45. The number of carbonyl (C=O) groups is 2. The summed E-state index contributed by atoms with van der Waals surface area (Å²) in [4.78, 5) is 22.7. The molecule has 4 nitrogen and oxygen atoms in total. The van der Waals surface area contributed by atoms with Crippen LogP contribution in [0.2, 0.25) is 0 Å². The van der Waals surface area contributed by atoms with Crippen molar-refractivity contribution in [3.63, 3.8) is 0 Å². The molecule has 1 heterocycles. The Morgan fingerprint density at radius 3 is 2.67 bits per heavy atom. The molecule has 0 spiro atoms. The lowest BCUT2D eigenvalue weighted by Crippen LogP contribution is -2.47. The molecular formula is C8H11NO3. The maximum Gasteiger partial charge on any atom is 0.411 e. The minimum absolute atomic E-state index is 0.0301. The topological polar surface area (TPSA) is 57.6 Å². The van der Waals surface area contributed by atoms with E-state index in [2.05, 4.69) is 0 Å². The highest BCUT2D eigenvalue weighted by Crippen LogP contribution is 2.23. The van der Waals surface area contributed by atoms with E-state index in [9.17, 15) is 9.59 Å². The predicted molar refractivity (Wildman–Crippen MR) is 42.7 cm³/mol. The third kappa shape index (κ3) is 1.47. The van der Waals surface area contributed by atoms with Crippen LogP contribution in [0.25, 0.3) is 0 Å². The molecule has 1 aliphatic heterocycles. The van der Waals surface area contributed by atoms with Crippen molar-refractivity contribution < 1.29 is 14.7 Å². The van der Waals surface area contributed by atoms with Crippen LogP contribution in [0.4, 0.5) is 4.79 Å². The molecule has 0 aromatic rings. The van der Waals surface area contributed by atoms with Gasteiger partial charge < -0.3 is 5.11 Å². The van der Waals surface area contributed by atoms with E-state index in [1.54, 1.807) is 13.8 Å². The van der Waals surface area contributed by atoms with Crippen molar-refractivity contribution in [2.45, 2.75) is 25.8 Å². The van der Waals surface area contributed by atoms with E-state index in [4.69, 9.17) is 5.11 Å². The van der Waals surface area contributed by atoms with E-state index in [0.29, 0.717) is 0 Å². The molecule has 1 aliphatic rings. The average Bonchev–Trinajstić information content (AvgIpc) is 1.82. The number of carbonyl (C=O) groups excluding carboxylic acids is 1. The van der Waals surface area contributed by atoms with Gasteiger partial charge >= 0.3 is 6.09 Å². The Balaban J connectivity index is 2.94. The first-order valence-corrected chi connectivity index (χ1v) is 3.67. The van der Waals surface area contributed by atoms with Crippen LogP contribution >= 0.6 is 0 Å². The second-order valence-electron chi connectivity index (χ2n) is 3.42. The molecule has 0 atom stereocenters. The summed E-state index contributed by atoms with van der Waals surface area (Å²) in [5, 5.41) is 8.72. The normalized spacial score (nSPS) is 21.2. The second-order valence-corrected chi connectivity index (χ2v) is 3.42. The summed E-state index contributed by atoms with van der Waals surface area (Å²) < 4.78 is 0. The number of amides is 1. The molecule has 0 aromatic heterocycles. The highest BCUT2D eigenvalue weighted by atomic mass is 16.4. The molecule has 0 aromatic carbocycles. The molecule has 12 heavy (non-hydrogen) atoms. The third-order valence-corrected chi connectivity index (χ3v) is 1.87. The zero-order chi connectivity index (χ0) is 9.35. The molecule has 66 valence electrons. The zero-order valence-electron chi connectivity index (χ0n) is 7.07. The van der Waals surface area contributed by atoms with Gasteiger partial charge in [0.1, 0.15) is 0 Å².